The highest BCUT2D eigenvalue weighted by Crippen LogP contribution is 2.33. The van der Waals surface area contributed by atoms with Crippen molar-refractivity contribution in [2.24, 2.45) is 5.73 Å². The molecule has 3 rings (SSSR count). The molecule has 0 spiro atoms. The summed E-state index contributed by atoms with van der Waals surface area (Å²) in [5.74, 6) is 0. The van der Waals surface area contributed by atoms with Crippen molar-refractivity contribution < 1.29 is 4.74 Å². The van der Waals surface area contributed by atoms with Crippen LogP contribution < -0.4 is 5.73 Å². The molecule has 0 amide bonds. The number of pyridine rings is 1. The molecule has 0 aliphatic carbocycles. The number of nitrogens with zero attached hydrogens (tertiary/aromatic N) is 1. The summed E-state index contributed by atoms with van der Waals surface area (Å²) in [5.41, 5.74) is 11.2. The molecule has 2 heterocycles. The van der Waals surface area contributed by atoms with E-state index in [1.54, 1.807) is 0 Å². The fourth-order valence-corrected chi connectivity index (χ4v) is 2.82. The fourth-order valence-electron chi connectivity index (χ4n) is 2.82. The number of aryl methyl sites for hydroxylation is 1. The van der Waals surface area contributed by atoms with Gasteiger partial charge in [0.2, 0.25) is 0 Å². The van der Waals surface area contributed by atoms with Crippen molar-refractivity contribution in [2.45, 2.75) is 31.9 Å². The summed E-state index contributed by atoms with van der Waals surface area (Å²) < 4.78 is 5.93. The zero-order chi connectivity index (χ0) is 13.9. The molecule has 1 aromatic heterocycles. The Kier molecular flexibility index (Phi) is 3.81. The van der Waals surface area contributed by atoms with E-state index in [-0.39, 0.29) is 12.1 Å². The van der Waals surface area contributed by atoms with E-state index >= 15 is 0 Å². The Morgan fingerprint density at radius 1 is 1.35 bits per heavy atom. The summed E-state index contributed by atoms with van der Waals surface area (Å²) in [5, 5.41) is 0. The number of rotatable bonds is 3. The molecule has 0 fully saturated rings. The van der Waals surface area contributed by atoms with Crippen LogP contribution in [0.3, 0.4) is 0 Å². The summed E-state index contributed by atoms with van der Waals surface area (Å²) in [6.07, 6.45) is 5.58. The minimum absolute atomic E-state index is 0.0430. The van der Waals surface area contributed by atoms with Crippen LogP contribution in [0.4, 0.5) is 0 Å². The van der Waals surface area contributed by atoms with Gasteiger partial charge in [0.05, 0.1) is 12.7 Å². The summed E-state index contributed by atoms with van der Waals surface area (Å²) in [6.45, 7) is 2.82. The first-order chi connectivity index (χ1) is 9.74. The van der Waals surface area contributed by atoms with E-state index in [9.17, 15) is 0 Å². The van der Waals surface area contributed by atoms with Gasteiger partial charge in [0.25, 0.3) is 0 Å². The van der Waals surface area contributed by atoms with Gasteiger partial charge in [-0.25, -0.2) is 0 Å². The van der Waals surface area contributed by atoms with Gasteiger partial charge >= 0.3 is 0 Å². The molecule has 1 aromatic carbocycles. The molecular formula is C17H20N2O. The molecule has 0 saturated heterocycles. The Labute approximate surface area is 119 Å². The van der Waals surface area contributed by atoms with Crippen LogP contribution in [0, 0.1) is 6.92 Å². The van der Waals surface area contributed by atoms with Crippen molar-refractivity contribution in [1.82, 2.24) is 4.98 Å². The van der Waals surface area contributed by atoms with Crippen LogP contribution in [-0.2, 0) is 11.2 Å². The number of nitrogens with two attached hydrogens (primary N) is 1. The first-order valence-electron chi connectivity index (χ1n) is 7.10. The van der Waals surface area contributed by atoms with E-state index < -0.39 is 0 Å². The van der Waals surface area contributed by atoms with Gasteiger partial charge in [-0.1, -0.05) is 30.3 Å². The van der Waals surface area contributed by atoms with Gasteiger partial charge in [-0.2, -0.15) is 0 Å². The number of benzene rings is 1. The first-order valence-corrected chi connectivity index (χ1v) is 7.10. The molecule has 0 saturated carbocycles. The highest BCUT2D eigenvalue weighted by molar-refractivity contribution is 5.31. The predicted molar refractivity (Wildman–Crippen MR) is 79.4 cm³/mol. The zero-order valence-electron chi connectivity index (χ0n) is 11.8. The van der Waals surface area contributed by atoms with Gasteiger partial charge < -0.3 is 10.5 Å². The topological polar surface area (TPSA) is 48.1 Å². The average Bonchev–Trinajstić information content (AvgIpc) is 2.47. The second-order valence-electron chi connectivity index (χ2n) is 5.45. The lowest BCUT2D eigenvalue weighted by molar-refractivity contribution is 0.0319. The summed E-state index contributed by atoms with van der Waals surface area (Å²) >= 11 is 0. The third-order valence-electron chi connectivity index (χ3n) is 3.88. The maximum atomic E-state index is 6.33. The summed E-state index contributed by atoms with van der Waals surface area (Å²) in [4.78, 5) is 4.22. The van der Waals surface area contributed by atoms with Crippen LogP contribution in [0.1, 0.15) is 40.8 Å². The fraction of sp³-hybridized carbons (Fsp3) is 0.353. The standard InChI is InChI=1S/C17H20N2O/c1-12-8-14(11-19-10-12)16(18)9-17-15-5-3-2-4-13(15)6-7-20-17/h2-5,8,10-11,16-17H,6-7,9,18H2,1H3. The molecule has 2 atom stereocenters. The Bertz CT molecular complexity index is 597. The highest BCUT2D eigenvalue weighted by atomic mass is 16.5. The SMILES string of the molecule is Cc1cncc(C(N)CC2OCCc3ccccc32)c1. The van der Waals surface area contributed by atoms with Crippen LogP contribution >= 0.6 is 0 Å². The van der Waals surface area contributed by atoms with Crippen molar-refractivity contribution in [2.75, 3.05) is 6.61 Å². The van der Waals surface area contributed by atoms with Crippen molar-refractivity contribution in [3.63, 3.8) is 0 Å². The molecule has 20 heavy (non-hydrogen) atoms. The van der Waals surface area contributed by atoms with Gasteiger partial charge in [0, 0.05) is 18.4 Å². The third kappa shape index (κ3) is 2.74. The first kappa shape index (κ1) is 13.3. The molecule has 0 radical (unpaired) electrons. The molecule has 2 N–H and O–H groups in total. The van der Waals surface area contributed by atoms with Crippen molar-refractivity contribution >= 4 is 0 Å². The quantitative estimate of drug-likeness (QED) is 0.930. The Balaban J connectivity index is 1.79. The molecule has 0 bridgehead atoms. The van der Waals surface area contributed by atoms with Crippen LogP contribution in [-0.4, -0.2) is 11.6 Å². The van der Waals surface area contributed by atoms with Crippen molar-refractivity contribution in [3.05, 3.63) is 65.0 Å². The third-order valence-corrected chi connectivity index (χ3v) is 3.88. The largest absolute Gasteiger partial charge is 0.373 e. The molecule has 3 heteroatoms. The predicted octanol–water partition coefficient (Wildman–Crippen LogP) is 3.09. The van der Waals surface area contributed by atoms with Gasteiger partial charge in [-0.3, -0.25) is 4.98 Å². The lowest BCUT2D eigenvalue weighted by Gasteiger charge is -2.28. The van der Waals surface area contributed by atoms with E-state index in [2.05, 4.69) is 35.3 Å². The average molecular weight is 268 g/mol. The highest BCUT2D eigenvalue weighted by Gasteiger charge is 2.23. The summed E-state index contributed by atoms with van der Waals surface area (Å²) in [6, 6.07) is 10.6. The van der Waals surface area contributed by atoms with E-state index in [0.717, 1.165) is 30.6 Å². The van der Waals surface area contributed by atoms with Crippen LogP contribution in [0.5, 0.6) is 0 Å². The molecule has 1 aliphatic heterocycles. The normalized spacial score (nSPS) is 19.4. The second kappa shape index (κ2) is 5.73. The van der Waals surface area contributed by atoms with E-state index in [1.807, 2.05) is 19.3 Å². The Morgan fingerprint density at radius 3 is 3.05 bits per heavy atom. The minimum atomic E-state index is -0.0430. The monoisotopic (exact) mass is 268 g/mol. The van der Waals surface area contributed by atoms with E-state index in [0.29, 0.717) is 0 Å². The lowest BCUT2D eigenvalue weighted by Crippen LogP contribution is -2.21. The number of hydrogen-bond donors (Lipinski definition) is 1. The Hall–Kier alpha value is -1.71. The number of fused-ring (bicyclic) bond motifs is 1. The van der Waals surface area contributed by atoms with E-state index in [1.165, 1.54) is 11.1 Å². The van der Waals surface area contributed by atoms with Crippen LogP contribution in [0.15, 0.2) is 42.7 Å². The maximum Gasteiger partial charge on any atom is 0.0845 e. The van der Waals surface area contributed by atoms with Gasteiger partial charge in [-0.15, -0.1) is 0 Å². The van der Waals surface area contributed by atoms with Gasteiger partial charge in [-0.05, 0) is 42.0 Å². The van der Waals surface area contributed by atoms with Crippen molar-refractivity contribution in [1.29, 1.82) is 0 Å². The molecule has 1 aliphatic rings. The van der Waals surface area contributed by atoms with Crippen molar-refractivity contribution in [3.8, 4) is 0 Å². The van der Waals surface area contributed by atoms with Crippen LogP contribution in [0.25, 0.3) is 0 Å². The van der Waals surface area contributed by atoms with Gasteiger partial charge in [0.1, 0.15) is 0 Å². The molecule has 2 unspecified atom stereocenters. The second-order valence-corrected chi connectivity index (χ2v) is 5.45. The minimum Gasteiger partial charge on any atom is -0.373 e. The van der Waals surface area contributed by atoms with Crippen LogP contribution in [0.2, 0.25) is 0 Å². The number of hydrogen-bond acceptors (Lipinski definition) is 3. The molecule has 104 valence electrons. The lowest BCUT2D eigenvalue weighted by atomic mass is 9.92. The molecule has 3 nitrogen and oxygen atoms in total. The van der Waals surface area contributed by atoms with Gasteiger partial charge in [0.15, 0.2) is 0 Å². The molecule has 2 aromatic rings. The maximum absolute atomic E-state index is 6.33. The molecular weight excluding hydrogens is 248 g/mol. The zero-order valence-corrected chi connectivity index (χ0v) is 11.8. The Morgan fingerprint density at radius 2 is 2.20 bits per heavy atom. The van der Waals surface area contributed by atoms with E-state index in [4.69, 9.17) is 10.5 Å². The smallest absolute Gasteiger partial charge is 0.0845 e. The summed E-state index contributed by atoms with van der Waals surface area (Å²) in [7, 11) is 0. The number of ether oxygens (including phenoxy) is 1. The number of aromatic nitrogens is 1.